The summed E-state index contributed by atoms with van der Waals surface area (Å²) in [5.74, 6) is -0.183. The van der Waals surface area contributed by atoms with E-state index in [1.54, 1.807) is 18.5 Å². The van der Waals surface area contributed by atoms with Gasteiger partial charge in [-0.3, -0.25) is 4.90 Å². The molecule has 4 nitrogen and oxygen atoms in total. The van der Waals surface area contributed by atoms with E-state index in [4.69, 9.17) is 4.74 Å². The van der Waals surface area contributed by atoms with E-state index in [2.05, 4.69) is 14.9 Å². The minimum atomic E-state index is -0.183. The van der Waals surface area contributed by atoms with E-state index in [-0.39, 0.29) is 11.2 Å². The summed E-state index contributed by atoms with van der Waals surface area (Å²) in [6.45, 7) is 4.35. The Bertz CT molecular complexity index is 646. The summed E-state index contributed by atoms with van der Waals surface area (Å²) >= 11 is 0. The monoisotopic (exact) mass is 301 g/mol. The van der Waals surface area contributed by atoms with Gasteiger partial charge < -0.3 is 9.72 Å². The standard InChI is InChI=1S/C17H20FN3O/c18-14-3-1-13(2-4-14)17(6-8-22-11-17)10-21-7-5-15-16(9-21)20-12-19-15/h1-4,12H,5-11H2,(H,19,20)/t17-/m0/s1. The van der Waals surface area contributed by atoms with Gasteiger partial charge in [-0.25, -0.2) is 9.37 Å². The lowest BCUT2D eigenvalue weighted by Crippen LogP contribution is -2.43. The van der Waals surface area contributed by atoms with Crippen LogP contribution in [-0.2, 0) is 23.1 Å². The number of rotatable bonds is 3. The summed E-state index contributed by atoms with van der Waals surface area (Å²) in [4.78, 5) is 10.1. The van der Waals surface area contributed by atoms with Crippen molar-refractivity contribution in [2.45, 2.75) is 24.8 Å². The molecule has 0 radical (unpaired) electrons. The molecule has 1 aromatic heterocycles. The van der Waals surface area contributed by atoms with Crippen molar-refractivity contribution in [3.63, 3.8) is 0 Å². The van der Waals surface area contributed by atoms with Crippen LogP contribution in [0.15, 0.2) is 30.6 Å². The number of H-pyrrole nitrogens is 1. The van der Waals surface area contributed by atoms with Crippen LogP contribution in [0.2, 0.25) is 0 Å². The second kappa shape index (κ2) is 5.48. The maximum absolute atomic E-state index is 13.2. The fourth-order valence-electron chi connectivity index (χ4n) is 3.69. The molecule has 0 unspecified atom stereocenters. The number of aromatic nitrogens is 2. The zero-order chi connectivity index (χ0) is 15.0. The van der Waals surface area contributed by atoms with Crippen molar-refractivity contribution >= 4 is 0 Å². The molecule has 0 amide bonds. The Morgan fingerprint density at radius 3 is 2.95 bits per heavy atom. The quantitative estimate of drug-likeness (QED) is 0.945. The van der Waals surface area contributed by atoms with Crippen molar-refractivity contribution < 1.29 is 9.13 Å². The predicted octanol–water partition coefficient (Wildman–Crippen LogP) is 2.27. The molecule has 22 heavy (non-hydrogen) atoms. The molecular formula is C17H20FN3O. The van der Waals surface area contributed by atoms with E-state index in [9.17, 15) is 4.39 Å². The lowest BCUT2D eigenvalue weighted by molar-refractivity contribution is 0.143. The van der Waals surface area contributed by atoms with Gasteiger partial charge in [0.2, 0.25) is 0 Å². The molecule has 2 aliphatic heterocycles. The number of hydrogen-bond acceptors (Lipinski definition) is 3. The molecule has 3 heterocycles. The van der Waals surface area contributed by atoms with E-state index < -0.39 is 0 Å². The van der Waals surface area contributed by atoms with Gasteiger partial charge in [0.1, 0.15) is 5.82 Å². The van der Waals surface area contributed by atoms with Gasteiger partial charge in [-0.2, -0.15) is 0 Å². The lowest BCUT2D eigenvalue weighted by atomic mass is 9.79. The minimum Gasteiger partial charge on any atom is -0.380 e. The summed E-state index contributed by atoms with van der Waals surface area (Å²) in [5.41, 5.74) is 3.57. The van der Waals surface area contributed by atoms with Crippen molar-refractivity contribution in [1.82, 2.24) is 14.9 Å². The fraction of sp³-hybridized carbons (Fsp3) is 0.471. The summed E-state index contributed by atoms with van der Waals surface area (Å²) in [6.07, 6.45) is 3.76. The topological polar surface area (TPSA) is 41.2 Å². The van der Waals surface area contributed by atoms with E-state index in [0.717, 1.165) is 39.1 Å². The summed E-state index contributed by atoms with van der Waals surface area (Å²) in [7, 11) is 0. The normalized spacial score (nSPS) is 25.3. The highest BCUT2D eigenvalue weighted by atomic mass is 19.1. The highest BCUT2D eigenvalue weighted by molar-refractivity contribution is 5.28. The first-order valence-corrected chi connectivity index (χ1v) is 7.82. The Labute approximate surface area is 129 Å². The number of halogens is 1. The zero-order valence-corrected chi connectivity index (χ0v) is 12.5. The van der Waals surface area contributed by atoms with Crippen LogP contribution >= 0.6 is 0 Å². The third-order valence-corrected chi connectivity index (χ3v) is 4.94. The molecule has 4 rings (SSSR count). The van der Waals surface area contributed by atoms with Crippen LogP contribution in [0.3, 0.4) is 0 Å². The predicted molar refractivity (Wildman–Crippen MR) is 81.1 cm³/mol. The van der Waals surface area contributed by atoms with Crippen molar-refractivity contribution in [1.29, 1.82) is 0 Å². The molecule has 1 N–H and O–H groups in total. The zero-order valence-electron chi connectivity index (χ0n) is 12.5. The van der Waals surface area contributed by atoms with Crippen molar-refractivity contribution in [2.24, 2.45) is 0 Å². The Hall–Kier alpha value is -1.72. The number of nitrogens with zero attached hydrogens (tertiary/aromatic N) is 2. The summed E-state index contributed by atoms with van der Waals surface area (Å²) in [6, 6.07) is 6.93. The fourth-order valence-corrected chi connectivity index (χ4v) is 3.69. The summed E-state index contributed by atoms with van der Waals surface area (Å²) < 4.78 is 18.9. The lowest BCUT2D eigenvalue weighted by Gasteiger charge is -2.36. The number of hydrogen-bond donors (Lipinski definition) is 1. The van der Waals surface area contributed by atoms with Crippen LogP contribution in [0.5, 0.6) is 0 Å². The Morgan fingerprint density at radius 2 is 2.18 bits per heavy atom. The maximum Gasteiger partial charge on any atom is 0.123 e. The maximum atomic E-state index is 13.2. The van der Waals surface area contributed by atoms with Gasteiger partial charge in [0.15, 0.2) is 0 Å². The van der Waals surface area contributed by atoms with E-state index in [1.165, 1.54) is 17.0 Å². The smallest absolute Gasteiger partial charge is 0.123 e. The van der Waals surface area contributed by atoms with E-state index in [1.807, 2.05) is 12.1 Å². The first-order valence-electron chi connectivity index (χ1n) is 7.82. The van der Waals surface area contributed by atoms with Crippen molar-refractivity contribution in [3.05, 3.63) is 53.4 Å². The van der Waals surface area contributed by atoms with Crippen LogP contribution in [0.4, 0.5) is 4.39 Å². The molecule has 1 fully saturated rings. The summed E-state index contributed by atoms with van der Waals surface area (Å²) in [5, 5.41) is 0. The first kappa shape index (κ1) is 13.9. The van der Waals surface area contributed by atoms with E-state index in [0.29, 0.717) is 6.61 Å². The Morgan fingerprint density at radius 1 is 1.32 bits per heavy atom. The average Bonchev–Trinajstić information content (AvgIpc) is 3.17. The van der Waals surface area contributed by atoms with Crippen LogP contribution in [0.25, 0.3) is 0 Å². The van der Waals surface area contributed by atoms with Crippen LogP contribution in [0.1, 0.15) is 23.4 Å². The van der Waals surface area contributed by atoms with Gasteiger partial charge in [0.25, 0.3) is 0 Å². The first-order chi connectivity index (χ1) is 10.8. The molecule has 5 heteroatoms. The van der Waals surface area contributed by atoms with Gasteiger partial charge in [0, 0.05) is 38.1 Å². The minimum absolute atomic E-state index is 0.0226. The molecular weight excluding hydrogens is 281 g/mol. The molecule has 2 aromatic rings. The molecule has 0 spiro atoms. The van der Waals surface area contributed by atoms with E-state index >= 15 is 0 Å². The number of ether oxygens (including phenoxy) is 1. The Balaban J connectivity index is 1.57. The number of nitrogens with one attached hydrogen (secondary N) is 1. The van der Waals surface area contributed by atoms with Crippen LogP contribution < -0.4 is 0 Å². The van der Waals surface area contributed by atoms with Gasteiger partial charge in [-0.15, -0.1) is 0 Å². The highest BCUT2D eigenvalue weighted by Gasteiger charge is 2.39. The number of fused-ring (bicyclic) bond motifs is 1. The van der Waals surface area contributed by atoms with Gasteiger partial charge in [-0.1, -0.05) is 12.1 Å². The molecule has 116 valence electrons. The SMILES string of the molecule is Fc1ccc([C@]2(CN3CCc4nc[nH]c4C3)CCOC2)cc1. The molecule has 1 saturated heterocycles. The van der Waals surface area contributed by atoms with Crippen molar-refractivity contribution in [3.8, 4) is 0 Å². The van der Waals surface area contributed by atoms with Gasteiger partial charge in [0.05, 0.1) is 24.3 Å². The largest absolute Gasteiger partial charge is 0.380 e. The second-order valence-electron chi connectivity index (χ2n) is 6.38. The number of imidazole rings is 1. The molecule has 0 bridgehead atoms. The van der Waals surface area contributed by atoms with Crippen molar-refractivity contribution in [2.75, 3.05) is 26.3 Å². The number of aromatic amines is 1. The van der Waals surface area contributed by atoms with Gasteiger partial charge in [-0.05, 0) is 24.1 Å². The van der Waals surface area contributed by atoms with Crippen LogP contribution in [0, 0.1) is 5.82 Å². The van der Waals surface area contributed by atoms with Gasteiger partial charge >= 0.3 is 0 Å². The van der Waals surface area contributed by atoms with Crippen LogP contribution in [-0.4, -0.2) is 41.2 Å². The highest BCUT2D eigenvalue weighted by Crippen LogP contribution is 2.35. The molecule has 2 aliphatic rings. The Kier molecular flexibility index (Phi) is 3.47. The third-order valence-electron chi connectivity index (χ3n) is 4.94. The third kappa shape index (κ3) is 2.44. The molecule has 0 saturated carbocycles. The number of benzene rings is 1. The second-order valence-corrected chi connectivity index (χ2v) is 6.38. The molecule has 1 aromatic carbocycles. The molecule has 0 aliphatic carbocycles. The molecule has 1 atom stereocenters. The average molecular weight is 301 g/mol.